The molecule has 1 amide bonds. The van der Waals surface area contributed by atoms with Gasteiger partial charge in [0.25, 0.3) is 0 Å². The minimum absolute atomic E-state index is 0.120. The molecule has 0 spiro atoms. The van der Waals surface area contributed by atoms with E-state index in [-0.39, 0.29) is 17.6 Å². The van der Waals surface area contributed by atoms with Crippen molar-refractivity contribution in [2.24, 2.45) is 0 Å². The van der Waals surface area contributed by atoms with Crippen molar-refractivity contribution in [2.75, 3.05) is 32.1 Å². The number of nitrogens with zero attached hydrogens (tertiary/aromatic N) is 2. The minimum Gasteiger partial charge on any atom is -0.383 e. The van der Waals surface area contributed by atoms with Crippen LogP contribution in [0.15, 0.2) is 0 Å². The SMILES string of the molecule is COCCNC(=O)CNc1nsnc1Cl. The van der Waals surface area contributed by atoms with E-state index < -0.39 is 0 Å². The van der Waals surface area contributed by atoms with Crippen molar-refractivity contribution in [3.05, 3.63) is 5.15 Å². The molecule has 1 rings (SSSR count). The number of carbonyl (C=O) groups is 1. The second-order valence-electron chi connectivity index (χ2n) is 2.60. The van der Waals surface area contributed by atoms with E-state index in [9.17, 15) is 4.79 Å². The van der Waals surface area contributed by atoms with Crippen LogP contribution in [-0.4, -0.2) is 41.5 Å². The van der Waals surface area contributed by atoms with Gasteiger partial charge in [0.05, 0.1) is 24.9 Å². The van der Waals surface area contributed by atoms with Gasteiger partial charge >= 0.3 is 0 Å². The number of ether oxygens (including phenoxy) is 1. The predicted molar refractivity (Wildman–Crippen MR) is 58.3 cm³/mol. The highest BCUT2D eigenvalue weighted by Gasteiger charge is 2.06. The van der Waals surface area contributed by atoms with Crippen LogP contribution in [0, 0.1) is 0 Å². The first-order valence-electron chi connectivity index (χ1n) is 4.21. The average Bonchev–Trinajstić information content (AvgIpc) is 2.61. The van der Waals surface area contributed by atoms with Gasteiger partial charge in [-0.3, -0.25) is 4.79 Å². The minimum atomic E-state index is -0.142. The lowest BCUT2D eigenvalue weighted by Gasteiger charge is -2.04. The smallest absolute Gasteiger partial charge is 0.239 e. The molecule has 2 N–H and O–H groups in total. The number of hydrogen-bond acceptors (Lipinski definition) is 6. The summed E-state index contributed by atoms with van der Waals surface area (Å²) in [6, 6.07) is 0. The summed E-state index contributed by atoms with van der Waals surface area (Å²) in [5.74, 6) is 0.291. The van der Waals surface area contributed by atoms with Crippen LogP contribution < -0.4 is 10.6 Å². The maximum absolute atomic E-state index is 11.2. The average molecular weight is 251 g/mol. The Balaban J connectivity index is 2.20. The number of nitrogens with one attached hydrogen (secondary N) is 2. The van der Waals surface area contributed by atoms with Gasteiger partial charge < -0.3 is 15.4 Å². The fourth-order valence-electron chi connectivity index (χ4n) is 0.802. The molecule has 0 aliphatic rings. The summed E-state index contributed by atoms with van der Waals surface area (Å²) < 4.78 is 12.4. The van der Waals surface area contributed by atoms with Gasteiger partial charge in [-0.05, 0) is 0 Å². The Bertz CT molecular complexity index is 320. The molecule has 0 saturated heterocycles. The van der Waals surface area contributed by atoms with Gasteiger partial charge in [0.15, 0.2) is 11.0 Å². The molecule has 0 saturated carbocycles. The van der Waals surface area contributed by atoms with Crippen molar-refractivity contribution in [1.29, 1.82) is 0 Å². The van der Waals surface area contributed by atoms with Crippen LogP contribution in [-0.2, 0) is 9.53 Å². The standard InChI is InChI=1S/C7H11ClN4O2S/c1-14-3-2-9-5(13)4-10-7-6(8)11-15-12-7/h2-4H2,1H3,(H,9,13)(H,10,12). The van der Waals surface area contributed by atoms with Crippen LogP contribution in [0.3, 0.4) is 0 Å². The zero-order valence-electron chi connectivity index (χ0n) is 8.12. The van der Waals surface area contributed by atoms with Gasteiger partial charge in [0, 0.05) is 13.7 Å². The van der Waals surface area contributed by atoms with E-state index in [1.165, 1.54) is 0 Å². The summed E-state index contributed by atoms with van der Waals surface area (Å²) in [7, 11) is 1.57. The summed E-state index contributed by atoms with van der Waals surface area (Å²) >= 11 is 6.67. The molecule has 0 atom stereocenters. The first kappa shape index (κ1) is 12.2. The molecular formula is C7H11ClN4O2S. The fraction of sp³-hybridized carbons (Fsp3) is 0.571. The molecule has 1 aromatic rings. The molecule has 84 valence electrons. The normalized spacial score (nSPS) is 10.0. The number of aromatic nitrogens is 2. The lowest BCUT2D eigenvalue weighted by Crippen LogP contribution is -2.32. The summed E-state index contributed by atoms with van der Waals surface area (Å²) in [6.07, 6.45) is 0. The van der Waals surface area contributed by atoms with E-state index in [1.807, 2.05) is 0 Å². The number of halogens is 1. The monoisotopic (exact) mass is 250 g/mol. The molecule has 1 heterocycles. The quantitative estimate of drug-likeness (QED) is 0.714. The first-order chi connectivity index (χ1) is 7.24. The molecule has 6 nitrogen and oxygen atoms in total. The lowest BCUT2D eigenvalue weighted by atomic mass is 10.5. The summed E-state index contributed by atoms with van der Waals surface area (Å²) in [5.41, 5.74) is 0. The van der Waals surface area contributed by atoms with Crippen molar-refractivity contribution in [3.8, 4) is 0 Å². The van der Waals surface area contributed by atoms with Gasteiger partial charge in [-0.1, -0.05) is 11.6 Å². The molecule has 15 heavy (non-hydrogen) atoms. The number of methoxy groups -OCH3 is 1. The number of anilines is 1. The molecule has 0 unspecified atom stereocenters. The summed E-state index contributed by atoms with van der Waals surface area (Å²) in [5, 5.41) is 5.70. The van der Waals surface area contributed by atoms with Crippen LogP contribution in [0.5, 0.6) is 0 Å². The second kappa shape index (κ2) is 6.54. The summed E-state index contributed by atoms with van der Waals surface area (Å²) in [4.78, 5) is 11.2. The number of amides is 1. The summed E-state index contributed by atoms with van der Waals surface area (Å²) in [6.45, 7) is 1.10. The second-order valence-corrected chi connectivity index (χ2v) is 3.49. The highest BCUT2D eigenvalue weighted by molar-refractivity contribution is 6.99. The van der Waals surface area contributed by atoms with E-state index >= 15 is 0 Å². The van der Waals surface area contributed by atoms with E-state index in [0.29, 0.717) is 19.0 Å². The van der Waals surface area contributed by atoms with E-state index in [4.69, 9.17) is 16.3 Å². The van der Waals surface area contributed by atoms with Crippen molar-refractivity contribution in [3.63, 3.8) is 0 Å². The topological polar surface area (TPSA) is 76.1 Å². The van der Waals surface area contributed by atoms with Gasteiger partial charge in [-0.2, -0.15) is 8.75 Å². The third-order valence-corrected chi connectivity index (χ3v) is 2.39. The molecule has 0 aromatic carbocycles. The van der Waals surface area contributed by atoms with Gasteiger partial charge in [0.1, 0.15) is 0 Å². The maximum atomic E-state index is 11.2. The largest absolute Gasteiger partial charge is 0.383 e. The van der Waals surface area contributed by atoms with Gasteiger partial charge in [-0.15, -0.1) is 0 Å². The Hall–Kier alpha value is -0.920. The fourth-order valence-corrected chi connectivity index (χ4v) is 1.49. The lowest BCUT2D eigenvalue weighted by molar-refractivity contribution is -0.119. The highest BCUT2D eigenvalue weighted by Crippen LogP contribution is 2.16. The molecule has 1 aromatic heterocycles. The Morgan fingerprint density at radius 2 is 2.40 bits per heavy atom. The zero-order chi connectivity index (χ0) is 11.1. The third-order valence-electron chi connectivity index (χ3n) is 1.49. The van der Waals surface area contributed by atoms with E-state index in [2.05, 4.69) is 19.4 Å². The van der Waals surface area contributed by atoms with Crippen molar-refractivity contribution < 1.29 is 9.53 Å². The molecule has 0 radical (unpaired) electrons. The van der Waals surface area contributed by atoms with Gasteiger partial charge in [0.2, 0.25) is 5.91 Å². The number of rotatable bonds is 6. The first-order valence-corrected chi connectivity index (χ1v) is 5.32. The van der Waals surface area contributed by atoms with E-state index in [0.717, 1.165) is 11.7 Å². The Labute approximate surface area is 96.3 Å². The maximum Gasteiger partial charge on any atom is 0.239 e. The van der Waals surface area contributed by atoms with Crippen molar-refractivity contribution in [2.45, 2.75) is 0 Å². The molecular weight excluding hydrogens is 240 g/mol. The molecule has 0 aliphatic carbocycles. The van der Waals surface area contributed by atoms with Crippen LogP contribution in [0.2, 0.25) is 5.15 Å². The Morgan fingerprint density at radius 3 is 3.00 bits per heavy atom. The van der Waals surface area contributed by atoms with Crippen molar-refractivity contribution >= 4 is 35.1 Å². The predicted octanol–water partition coefficient (Wildman–Crippen LogP) is 0.366. The van der Waals surface area contributed by atoms with Crippen LogP contribution in [0.1, 0.15) is 0 Å². The van der Waals surface area contributed by atoms with Crippen LogP contribution >= 0.6 is 23.3 Å². The Kier molecular flexibility index (Phi) is 5.30. The van der Waals surface area contributed by atoms with E-state index in [1.54, 1.807) is 7.11 Å². The third kappa shape index (κ3) is 4.41. The number of carbonyl (C=O) groups excluding carboxylic acids is 1. The van der Waals surface area contributed by atoms with Gasteiger partial charge in [-0.25, -0.2) is 0 Å². The molecule has 0 aliphatic heterocycles. The van der Waals surface area contributed by atoms with Crippen molar-refractivity contribution in [1.82, 2.24) is 14.1 Å². The van der Waals surface area contributed by atoms with Crippen LogP contribution in [0.4, 0.5) is 5.82 Å². The Morgan fingerprint density at radius 1 is 1.60 bits per heavy atom. The molecule has 8 heteroatoms. The van der Waals surface area contributed by atoms with Crippen LogP contribution in [0.25, 0.3) is 0 Å². The zero-order valence-corrected chi connectivity index (χ0v) is 9.69. The molecule has 0 fully saturated rings. The number of hydrogen-bond donors (Lipinski definition) is 2. The molecule has 0 bridgehead atoms. The highest BCUT2D eigenvalue weighted by atomic mass is 35.5.